The zero-order chi connectivity index (χ0) is 12.3. The highest BCUT2D eigenvalue weighted by molar-refractivity contribution is 4.61. The van der Waals surface area contributed by atoms with E-state index in [1.165, 1.54) is 51.4 Å². The molecular formula is C14H30N2O. The first-order valence-electron chi connectivity index (χ1n) is 7.38. The quantitative estimate of drug-likeness (QED) is 0.611. The number of nitrogens with one attached hydrogen (secondary N) is 1. The van der Waals surface area contributed by atoms with Gasteiger partial charge in [0.05, 0.1) is 0 Å². The van der Waals surface area contributed by atoms with E-state index in [0.717, 1.165) is 19.7 Å². The lowest BCUT2D eigenvalue weighted by Crippen LogP contribution is -2.35. The molecule has 0 saturated carbocycles. The van der Waals surface area contributed by atoms with E-state index in [1.807, 2.05) is 0 Å². The maximum absolute atomic E-state index is 5.63. The van der Waals surface area contributed by atoms with Gasteiger partial charge < -0.3 is 10.5 Å². The Bertz CT molecular complexity index is 170. The van der Waals surface area contributed by atoms with Gasteiger partial charge in [-0.15, -0.1) is 0 Å². The molecule has 1 rings (SSSR count). The van der Waals surface area contributed by atoms with E-state index in [4.69, 9.17) is 10.5 Å². The lowest BCUT2D eigenvalue weighted by molar-refractivity contribution is -0.00514. The van der Waals surface area contributed by atoms with Crippen molar-refractivity contribution in [3.63, 3.8) is 0 Å². The van der Waals surface area contributed by atoms with Crippen molar-refractivity contribution in [2.45, 2.75) is 64.5 Å². The molecule has 0 spiro atoms. The van der Waals surface area contributed by atoms with Gasteiger partial charge in [0.25, 0.3) is 0 Å². The third-order valence-electron chi connectivity index (χ3n) is 3.58. The van der Waals surface area contributed by atoms with E-state index in [9.17, 15) is 0 Å². The second-order valence-electron chi connectivity index (χ2n) is 5.35. The molecule has 0 aromatic rings. The third-order valence-corrected chi connectivity index (χ3v) is 3.58. The van der Waals surface area contributed by atoms with Crippen LogP contribution in [0.1, 0.15) is 58.3 Å². The second kappa shape index (κ2) is 9.86. The van der Waals surface area contributed by atoms with Crippen LogP contribution >= 0.6 is 0 Å². The van der Waals surface area contributed by atoms with Crippen molar-refractivity contribution >= 4 is 0 Å². The Kier molecular flexibility index (Phi) is 8.67. The Morgan fingerprint density at radius 3 is 2.76 bits per heavy atom. The Labute approximate surface area is 106 Å². The molecule has 102 valence electrons. The lowest BCUT2D eigenvalue weighted by Gasteiger charge is -2.23. The molecule has 3 heteroatoms. The fourth-order valence-corrected chi connectivity index (χ4v) is 2.25. The van der Waals surface area contributed by atoms with E-state index in [0.29, 0.717) is 12.1 Å². The fourth-order valence-electron chi connectivity index (χ4n) is 2.25. The van der Waals surface area contributed by atoms with Crippen molar-refractivity contribution in [1.29, 1.82) is 0 Å². The van der Waals surface area contributed by atoms with Gasteiger partial charge in [0.1, 0.15) is 6.23 Å². The van der Waals surface area contributed by atoms with E-state index < -0.39 is 0 Å². The van der Waals surface area contributed by atoms with Gasteiger partial charge in [-0.1, -0.05) is 26.2 Å². The molecular weight excluding hydrogens is 212 g/mol. The summed E-state index contributed by atoms with van der Waals surface area (Å²) in [6.45, 7) is 5.12. The highest BCUT2D eigenvalue weighted by Gasteiger charge is 2.11. The zero-order valence-corrected chi connectivity index (χ0v) is 11.4. The monoisotopic (exact) mass is 242 g/mol. The molecule has 0 amide bonds. The molecule has 0 bridgehead atoms. The summed E-state index contributed by atoms with van der Waals surface area (Å²) in [4.78, 5) is 0. The van der Waals surface area contributed by atoms with Crippen LogP contribution in [0.15, 0.2) is 0 Å². The number of unbranched alkanes of at least 4 members (excludes halogenated alkanes) is 3. The first kappa shape index (κ1) is 14.9. The van der Waals surface area contributed by atoms with E-state index in [2.05, 4.69) is 12.2 Å². The Morgan fingerprint density at radius 2 is 2.06 bits per heavy atom. The van der Waals surface area contributed by atoms with Crippen LogP contribution in [0.5, 0.6) is 0 Å². The molecule has 1 saturated heterocycles. The van der Waals surface area contributed by atoms with Gasteiger partial charge in [0, 0.05) is 6.61 Å². The molecule has 3 nitrogen and oxygen atoms in total. The van der Waals surface area contributed by atoms with Gasteiger partial charge in [-0.3, -0.25) is 5.32 Å². The summed E-state index contributed by atoms with van der Waals surface area (Å²) in [6, 6.07) is 0. The fraction of sp³-hybridized carbons (Fsp3) is 1.00. The normalized spacial score (nSPS) is 22.6. The molecule has 0 aromatic heterocycles. The van der Waals surface area contributed by atoms with Crippen LogP contribution in [0.2, 0.25) is 0 Å². The van der Waals surface area contributed by atoms with E-state index in [1.54, 1.807) is 0 Å². The number of ether oxygens (including phenoxy) is 1. The van der Waals surface area contributed by atoms with Crippen molar-refractivity contribution in [3.05, 3.63) is 0 Å². The average molecular weight is 242 g/mol. The first-order chi connectivity index (χ1) is 8.33. The molecule has 0 radical (unpaired) electrons. The number of rotatable bonds is 9. The second-order valence-corrected chi connectivity index (χ2v) is 5.35. The lowest BCUT2D eigenvalue weighted by atomic mass is 10.0. The predicted octanol–water partition coefficient (Wildman–Crippen LogP) is 2.65. The maximum Gasteiger partial charge on any atom is 0.108 e. The summed E-state index contributed by atoms with van der Waals surface area (Å²) in [5, 5.41) is 3.49. The molecule has 0 aromatic carbocycles. The van der Waals surface area contributed by atoms with Gasteiger partial charge in [-0.25, -0.2) is 0 Å². The molecule has 2 atom stereocenters. The van der Waals surface area contributed by atoms with Crippen LogP contribution in [-0.4, -0.2) is 25.9 Å². The minimum absolute atomic E-state index is 0.334. The molecule has 1 heterocycles. The molecule has 1 aliphatic heterocycles. The summed E-state index contributed by atoms with van der Waals surface area (Å²) in [5.41, 5.74) is 5.59. The largest absolute Gasteiger partial charge is 0.363 e. The minimum Gasteiger partial charge on any atom is -0.363 e. The Morgan fingerprint density at radius 1 is 1.24 bits per heavy atom. The molecule has 1 fully saturated rings. The number of hydrogen-bond acceptors (Lipinski definition) is 3. The van der Waals surface area contributed by atoms with Crippen LogP contribution in [0.25, 0.3) is 0 Å². The van der Waals surface area contributed by atoms with Crippen LogP contribution in [0.4, 0.5) is 0 Å². The third kappa shape index (κ3) is 7.74. The average Bonchev–Trinajstić information content (AvgIpc) is 2.38. The van der Waals surface area contributed by atoms with Crippen LogP contribution < -0.4 is 11.1 Å². The maximum atomic E-state index is 5.63. The zero-order valence-electron chi connectivity index (χ0n) is 11.4. The highest BCUT2D eigenvalue weighted by Crippen LogP contribution is 2.11. The Hall–Kier alpha value is -0.120. The standard InChI is InChI=1S/C14H30N2O/c1-13(12-15)8-4-2-3-6-10-16-14-9-5-7-11-17-14/h13-14,16H,2-12,15H2,1H3. The van der Waals surface area contributed by atoms with Crippen LogP contribution in [-0.2, 0) is 4.74 Å². The first-order valence-corrected chi connectivity index (χ1v) is 7.38. The van der Waals surface area contributed by atoms with Gasteiger partial charge in [0.2, 0.25) is 0 Å². The van der Waals surface area contributed by atoms with Crippen molar-refractivity contribution in [3.8, 4) is 0 Å². The van der Waals surface area contributed by atoms with E-state index in [-0.39, 0.29) is 0 Å². The summed E-state index contributed by atoms with van der Waals surface area (Å²) < 4.78 is 5.63. The smallest absolute Gasteiger partial charge is 0.108 e. The molecule has 0 aliphatic carbocycles. The van der Waals surface area contributed by atoms with Crippen molar-refractivity contribution < 1.29 is 4.74 Å². The van der Waals surface area contributed by atoms with Crippen molar-refractivity contribution in [2.24, 2.45) is 11.7 Å². The van der Waals surface area contributed by atoms with Crippen molar-refractivity contribution in [1.82, 2.24) is 5.32 Å². The van der Waals surface area contributed by atoms with Gasteiger partial charge in [-0.2, -0.15) is 0 Å². The molecule has 3 N–H and O–H groups in total. The molecule has 2 unspecified atom stereocenters. The van der Waals surface area contributed by atoms with Crippen LogP contribution in [0, 0.1) is 5.92 Å². The summed E-state index contributed by atoms with van der Waals surface area (Å²) in [5.74, 6) is 0.698. The molecule has 17 heavy (non-hydrogen) atoms. The van der Waals surface area contributed by atoms with Gasteiger partial charge >= 0.3 is 0 Å². The summed E-state index contributed by atoms with van der Waals surface area (Å²) in [6.07, 6.45) is 10.6. The summed E-state index contributed by atoms with van der Waals surface area (Å²) >= 11 is 0. The number of hydrogen-bond donors (Lipinski definition) is 2. The topological polar surface area (TPSA) is 47.3 Å². The minimum atomic E-state index is 0.334. The van der Waals surface area contributed by atoms with Crippen LogP contribution in [0.3, 0.4) is 0 Å². The van der Waals surface area contributed by atoms with Crippen molar-refractivity contribution in [2.75, 3.05) is 19.7 Å². The highest BCUT2D eigenvalue weighted by atomic mass is 16.5. The SMILES string of the molecule is CC(CN)CCCCCCNC1CCCCO1. The summed E-state index contributed by atoms with van der Waals surface area (Å²) in [7, 11) is 0. The number of nitrogens with two attached hydrogens (primary N) is 1. The Balaban J connectivity index is 1.80. The molecule has 1 aliphatic rings. The van der Waals surface area contributed by atoms with Gasteiger partial charge in [-0.05, 0) is 51.1 Å². The predicted molar refractivity (Wildman–Crippen MR) is 72.9 cm³/mol. The van der Waals surface area contributed by atoms with Gasteiger partial charge in [0.15, 0.2) is 0 Å². The van der Waals surface area contributed by atoms with E-state index >= 15 is 0 Å².